The summed E-state index contributed by atoms with van der Waals surface area (Å²) < 4.78 is 10.8. The molecule has 3 aromatic rings. The number of Topliss-reactive ketones (excluding diaryl/α,β-unsaturated/α-hetero) is 1. The molecule has 0 saturated carbocycles. The number of ether oxygens (including phenoxy) is 1. The van der Waals surface area contributed by atoms with Crippen molar-refractivity contribution in [3.8, 4) is 5.75 Å². The molecule has 30 heavy (non-hydrogen) atoms. The summed E-state index contributed by atoms with van der Waals surface area (Å²) in [6.07, 6.45) is 1.36. The number of aliphatic hydroxyl groups is 1. The van der Waals surface area contributed by atoms with Crippen LogP contribution in [0, 0.1) is 0 Å². The molecule has 1 N–H and O–H groups in total. The summed E-state index contributed by atoms with van der Waals surface area (Å²) >= 11 is 6.02. The van der Waals surface area contributed by atoms with E-state index in [1.54, 1.807) is 54.6 Å². The minimum Gasteiger partial charge on any atom is -0.503 e. The second-order valence-corrected chi connectivity index (χ2v) is 7.06. The minimum atomic E-state index is -0.857. The van der Waals surface area contributed by atoms with Crippen molar-refractivity contribution in [2.24, 2.45) is 0 Å². The largest absolute Gasteiger partial charge is 0.503 e. The Morgan fingerprint density at radius 1 is 1.17 bits per heavy atom. The fourth-order valence-corrected chi connectivity index (χ4v) is 3.62. The maximum Gasteiger partial charge on any atom is 0.294 e. The van der Waals surface area contributed by atoms with E-state index in [-0.39, 0.29) is 11.3 Å². The lowest BCUT2D eigenvalue weighted by Crippen LogP contribution is -2.31. The third-order valence-corrected chi connectivity index (χ3v) is 5.04. The predicted molar refractivity (Wildman–Crippen MR) is 112 cm³/mol. The molecule has 2 heterocycles. The van der Waals surface area contributed by atoms with Gasteiger partial charge in [0.15, 0.2) is 11.5 Å². The van der Waals surface area contributed by atoms with E-state index in [0.717, 1.165) is 0 Å². The van der Waals surface area contributed by atoms with Crippen LogP contribution in [0.1, 0.15) is 29.1 Å². The SMILES string of the molecule is CCOc1cccc(N2C(=O)C(O)=C(C(=O)c3ccco3)C2c2ccc(Cl)cc2)c1. The standard InChI is InChI=1S/C23H18ClNO5/c1-2-29-17-6-3-5-16(13-17)25-20(14-8-10-15(24)11-9-14)19(22(27)23(25)28)21(26)18-7-4-12-30-18/h3-13,20,27H,2H2,1H3. The fraction of sp³-hybridized carbons (Fsp3) is 0.130. The van der Waals surface area contributed by atoms with Gasteiger partial charge in [0.1, 0.15) is 5.75 Å². The molecular formula is C23H18ClNO5. The molecule has 0 bridgehead atoms. The number of carbonyl (C=O) groups excluding carboxylic acids is 2. The van der Waals surface area contributed by atoms with Crippen molar-refractivity contribution in [2.45, 2.75) is 13.0 Å². The van der Waals surface area contributed by atoms with Crippen molar-refractivity contribution in [3.63, 3.8) is 0 Å². The smallest absolute Gasteiger partial charge is 0.294 e. The Balaban J connectivity index is 1.86. The highest BCUT2D eigenvalue weighted by molar-refractivity contribution is 6.30. The minimum absolute atomic E-state index is 0.0354. The van der Waals surface area contributed by atoms with Gasteiger partial charge in [0.25, 0.3) is 5.91 Å². The molecule has 1 aliphatic rings. The van der Waals surface area contributed by atoms with Crippen molar-refractivity contribution in [1.29, 1.82) is 0 Å². The zero-order valence-electron chi connectivity index (χ0n) is 16.0. The van der Waals surface area contributed by atoms with Crippen LogP contribution < -0.4 is 9.64 Å². The maximum absolute atomic E-state index is 13.1. The third-order valence-electron chi connectivity index (χ3n) is 4.79. The van der Waals surface area contributed by atoms with Crippen LogP contribution >= 0.6 is 11.6 Å². The highest BCUT2D eigenvalue weighted by Gasteiger charge is 2.45. The van der Waals surface area contributed by atoms with Crippen LogP contribution in [0.25, 0.3) is 0 Å². The molecule has 0 aliphatic carbocycles. The molecule has 7 heteroatoms. The van der Waals surface area contributed by atoms with Gasteiger partial charge in [-0.05, 0) is 48.9 Å². The molecule has 0 fully saturated rings. The Morgan fingerprint density at radius 3 is 2.60 bits per heavy atom. The van der Waals surface area contributed by atoms with E-state index < -0.39 is 23.5 Å². The number of furan rings is 1. The molecular weight excluding hydrogens is 406 g/mol. The monoisotopic (exact) mass is 423 g/mol. The Hall–Kier alpha value is -3.51. The molecule has 1 unspecified atom stereocenters. The summed E-state index contributed by atoms with van der Waals surface area (Å²) in [5, 5.41) is 11.2. The molecule has 1 amide bonds. The van der Waals surface area contributed by atoms with Crippen LogP contribution in [0.15, 0.2) is 82.7 Å². The normalized spacial score (nSPS) is 16.3. The van der Waals surface area contributed by atoms with Crippen LogP contribution in [0.2, 0.25) is 5.02 Å². The van der Waals surface area contributed by atoms with E-state index in [1.807, 2.05) is 6.92 Å². The van der Waals surface area contributed by atoms with Gasteiger partial charge in [-0.1, -0.05) is 29.8 Å². The number of hydrogen-bond donors (Lipinski definition) is 1. The number of amides is 1. The van der Waals surface area contributed by atoms with Gasteiger partial charge >= 0.3 is 0 Å². The zero-order chi connectivity index (χ0) is 21.3. The fourth-order valence-electron chi connectivity index (χ4n) is 3.49. The van der Waals surface area contributed by atoms with Gasteiger partial charge in [-0.25, -0.2) is 0 Å². The molecule has 1 aliphatic heterocycles. The van der Waals surface area contributed by atoms with Crippen molar-refractivity contribution >= 4 is 29.0 Å². The highest BCUT2D eigenvalue weighted by Crippen LogP contribution is 2.42. The maximum atomic E-state index is 13.1. The molecule has 152 valence electrons. The van der Waals surface area contributed by atoms with Gasteiger partial charge in [-0.2, -0.15) is 0 Å². The van der Waals surface area contributed by atoms with E-state index >= 15 is 0 Å². The first-order chi connectivity index (χ1) is 14.5. The highest BCUT2D eigenvalue weighted by atomic mass is 35.5. The number of nitrogens with zero attached hydrogens (tertiary/aromatic N) is 1. The van der Waals surface area contributed by atoms with Gasteiger partial charge in [0.2, 0.25) is 5.78 Å². The number of benzene rings is 2. The summed E-state index contributed by atoms with van der Waals surface area (Å²) in [6, 6.07) is 15.9. The molecule has 2 aromatic carbocycles. The second kappa shape index (κ2) is 8.08. The molecule has 1 atom stereocenters. The average molecular weight is 424 g/mol. The van der Waals surface area contributed by atoms with Gasteiger partial charge in [0.05, 0.1) is 24.5 Å². The number of hydrogen-bond acceptors (Lipinski definition) is 5. The lowest BCUT2D eigenvalue weighted by Gasteiger charge is -2.27. The van der Waals surface area contributed by atoms with E-state index in [2.05, 4.69) is 0 Å². The molecule has 0 saturated heterocycles. The van der Waals surface area contributed by atoms with Crippen molar-refractivity contribution in [1.82, 2.24) is 0 Å². The summed E-state index contributed by atoms with van der Waals surface area (Å²) in [4.78, 5) is 27.6. The van der Waals surface area contributed by atoms with Gasteiger partial charge < -0.3 is 14.3 Å². The van der Waals surface area contributed by atoms with Crippen LogP contribution in [-0.2, 0) is 4.79 Å². The van der Waals surface area contributed by atoms with E-state index in [0.29, 0.717) is 28.6 Å². The van der Waals surface area contributed by atoms with Crippen molar-refractivity contribution in [2.75, 3.05) is 11.5 Å². The van der Waals surface area contributed by atoms with E-state index in [9.17, 15) is 14.7 Å². The zero-order valence-corrected chi connectivity index (χ0v) is 16.8. The molecule has 1 aromatic heterocycles. The number of anilines is 1. The Labute approximate surface area is 177 Å². The topological polar surface area (TPSA) is 80.0 Å². The summed E-state index contributed by atoms with van der Waals surface area (Å²) in [5.41, 5.74) is 1.05. The number of carbonyl (C=O) groups is 2. The molecule has 0 radical (unpaired) electrons. The van der Waals surface area contributed by atoms with Crippen molar-refractivity contribution in [3.05, 3.63) is 94.6 Å². The summed E-state index contributed by atoms with van der Waals surface area (Å²) in [7, 11) is 0. The van der Waals surface area contributed by atoms with Gasteiger partial charge in [-0.3, -0.25) is 14.5 Å². The van der Waals surface area contributed by atoms with Crippen LogP contribution in [-0.4, -0.2) is 23.4 Å². The quantitative estimate of drug-likeness (QED) is 0.557. The molecule has 0 spiro atoms. The Morgan fingerprint density at radius 2 is 1.93 bits per heavy atom. The first-order valence-corrected chi connectivity index (χ1v) is 9.72. The summed E-state index contributed by atoms with van der Waals surface area (Å²) in [6.45, 7) is 2.32. The number of aliphatic hydroxyl groups excluding tert-OH is 1. The lowest BCUT2D eigenvalue weighted by atomic mass is 9.95. The first kappa shape index (κ1) is 19.8. The Bertz CT molecular complexity index is 1120. The number of ketones is 1. The first-order valence-electron chi connectivity index (χ1n) is 9.34. The number of rotatable bonds is 6. The van der Waals surface area contributed by atoms with E-state index in [1.165, 1.54) is 17.2 Å². The van der Waals surface area contributed by atoms with Gasteiger partial charge in [0, 0.05) is 16.8 Å². The second-order valence-electron chi connectivity index (χ2n) is 6.63. The molecule has 4 rings (SSSR count). The third kappa shape index (κ3) is 3.46. The number of halogens is 1. The van der Waals surface area contributed by atoms with Gasteiger partial charge in [-0.15, -0.1) is 0 Å². The predicted octanol–water partition coefficient (Wildman–Crippen LogP) is 5.11. The van der Waals surface area contributed by atoms with Crippen LogP contribution in [0.3, 0.4) is 0 Å². The van der Waals surface area contributed by atoms with Crippen LogP contribution in [0.5, 0.6) is 5.75 Å². The van der Waals surface area contributed by atoms with Crippen molar-refractivity contribution < 1.29 is 23.8 Å². The van der Waals surface area contributed by atoms with E-state index in [4.69, 9.17) is 20.8 Å². The molecule has 6 nitrogen and oxygen atoms in total. The summed E-state index contributed by atoms with van der Waals surface area (Å²) in [5.74, 6) is -1.25. The average Bonchev–Trinajstić information content (AvgIpc) is 3.36. The Kier molecular flexibility index (Phi) is 5.33. The lowest BCUT2D eigenvalue weighted by molar-refractivity contribution is -0.117. The van der Waals surface area contributed by atoms with Crippen LogP contribution in [0.4, 0.5) is 5.69 Å².